The lowest BCUT2D eigenvalue weighted by molar-refractivity contribution is -0.137. The van der Waals surface area contributed by atoms with Gasteiger partial charge in [-0.3, -0.25) is 9.59 Å². The molecule has 2 heterocycles. The van der Waals surface area contributed by atoms with E-state index in [2.05, 4.69) is 13.8 Å². The van der Waals surface area contributed by atoms with Gasteiger partial charge in [-0.05, 0) is 56.0 Å². The molecule has 1 aliphatic carbocycles. The Kier molecular flexibility index (Phi) is 8.00. The summed E-state index contributed by atoms with van der Waals surface area (Å²) in [7, 11) is 0.0898. The smallest absolute Gasteiger partial charge is 0.455 e. The summed E-state index contributed by atoms with van der Waals surface area (Å²) >= 11 is 0. The van der Waals surface area contributed by atoms with Crippen molar-refractivity contribution in [2.24, 2.45) is 17.8 Å². The second kappa shape index (κ2) is 11.0. The lowest BCUT2D eigenvalue weighted by atomic mass is 9.58. The highest BCUT2D eigenvalue weighted by Crippen LogP contribution is 2.51. The largest absolute Gasteiger partial charge is 0.507 e. The lowest BCUT2D eigenvalue weighted by Crippen LogP contribution is -2.46. The van der Waals surface area contributed by atoms with E-state index < -0.39 is 43.0 Å². The molecule has 2 aliphatic heterocycles. The standard InChI is InChI=1S/C27H34BNO7/c1-4-8-18-14-19-24(26(32)29(25(19)31)27(33)35-3)20-15-28(34)36-22(23(18)20)12-11-16(5-2)13-17-9-6-7-10-21(17)30/h6-7,9-10,13,19-20,22,24,30,34H,4-5,8,11-12,14-15H2,1-3H3/b16-13+/t19-,20+,22-,24-/m1/s1. The monoisotopic (exact) mass is 495 g/mol. The molecule has 0 bridgehead atoms. The number of nitrogens with zero attached hydrogens (tertiary/aromatic N) is 1. The Bertz CT molecular complexity index is 1100. The van der Waals surface area contributed by atoms with E-state index in [1.807, 2.05) is 18.2 Å². The van der Waals surface area contributed by atoms with Gasteiger partial charge in [-0.1, -0.05) is 55.7 Å². The molecule has 192 valence electrons. The Morgan fingerprint density at radius 1 is 1.22 bits per heavy atom. The number of phenolic OH excluding ortho intramolecular Hbond substituents is 1. The van der Waals surface area contributed by atoms with Crippen LogP contribution in [0.4, 0.5) is 4.79 Å². The predicted molar refractivity (Wildman–Crippen MR) is 135 cm³/mol. The highest BCUT2D eigenvalue weighted by Gasteiger charge is 2.59. The van der Waals surface area contributed by atoms with Crippen LogP contribution >= 0.6 is 0 Å². The Hall–Kier alpha value is -2.91. The van der Waals surface area contributed by atoms with Gasteiger partial charge in [0, 0.05) is 5.56 Å². The summed E-state index contributed by atoms with van der Waals surface area (Å²) in [6, 6.07) is 7.18. The molecule has 0 unspecified atom stereocenters. The van der Waals surface area contributed by atoms with Crippen molar-refractivity contribution in [2.45, 2.75) is 64.8 Å². The number of methoxy groups -OCH3 is 1. The molecule has 0 radical (unpaired) electrons. The van der Waals surface area contributed by atoms with Crippen LogP contribution in [-0.2, 0) is 19.0 Å². The number of imide groups is 3. The molecule has 8 nitrogen and oxygen atoms in total. The zero-order valence-corrected chi connectivity index (χ0v) is 21.1. The molecule has 1 aromatic carbocycles. The zero-order valence-electron chi connectivity index (χ0n) is 21.1. The van der Waals surface area contributed by atoms with Gasteiger partial charge in [0.05, 0.1) is 25.0 Å². The van der Waals surface area contributed by atoms with Crippen LogP contribution in [0.5, 0.6) is 5.75 Å². The van der Waals surface area contributed by atoms with Crippen LogP contribution < -0.4 is 0 Å². The SMILES string of the molecule is CCCC1=C2[C@@H](CC/C(=C/c3ccccc3O)CC)OB(O)C[C@@H]2[C@@H]2C(=O)N(C(=O)OC)C(=O)[C@@H]2C1. The zero-order chi connectivity index (χ0) is 26.0. The minimum Gasteiger partial charge on any atom is -0.507 e. The van der Waals surface area contributed by atoms with Crippen LogP contribution in [0.1, 0.15) is 57.9 Å². The molecule has 2 saturated heterocycles. The quantitative estimate of drug-likeness (QED) is 0.329. The first-order valence-electron chi connectivity index (χ1n) is 12.8. The topological polar surface area (TPSA) is 113 Å². The first-order valence-corrected chi connectivity index (χ1v) is 12.8. The number of likely N-dealkylation sites (tertiary alicyclic amines) is 1. The number of carbonyl (C=O) groups excluding carboxylic acids is 3. The number of ether oxygens (including phenoxy) is 1. The van der Waals surface area contributed by atoms with Crippen LogP contribution in [0, 0.1) is 17.8 Å². The van der Waals surface area contributed by atoms with Crippen molar-refractivity contribution >= 4 is 31.1 Å². The number of hydrogen-bond acceptors (Lipinski definition) is 7. The molecular formula is C27H34BNO7. The second-order valence-electron chi connectivity index (χ2n) is 9.80. The number of allylic oxidation sites excluding steroid dienone is 2. The van der Waals surface area contributed by atoms with Crippen molar-refractivity contribution in [2.75, 3.05) is 7.11 Å². The van der Waals surface area contributed by atoms with Crippen molar-refractivity contribution < 1.29 is 33.9 Å². The van der Waals surface area contributed by atoms with E-state index in [1.165, 1.54) is 0 Å². The van der Waals surface area contributed by atoms with Crippen LogP contribution in [0.2, 0.25) is 6.32 Å². The van der Waals surface area contributed by atoms with E-state index >= 15 is 0 Å². The normalized spacial score (nSPS) is 26.3. The van der Waals surface area contributed by atoms with Crippen LogP contribution in [0.3, 0.4) is 0 Å². The summed E-state index contributed by atoms with van der Waals surface area (Å²) in [5.41, 5.74) is 3.98. The van der Waals surface area contributed by atoms with Crippen LogP contribution in [0.25, 0.3) is 6.08 Å². The molecule has 2 fully saturated rings. The maximum absolute atomic E-state index is 13.3. The van der Waals surface area contributed by atoms with Crippen molar-refractivity contribution in [3.63, 3.8) is 0 Å². The first-order chi connectivity index (χ1) is 17.3. The maximum Gasteiger partial charge on any atom is 0.455 e. The van der Waals surface area contributed by atoms with Crippen molar-refractivity contribution in [3.8, 4) is 5.75 Å². The summed E-state index contributed by atoms with van der Waals surface area (Å²) in [5, 5.41) is 20.8. The van der Waals surface area contributed by atoms with Gasteiger partial charge < -0.3 is 19.5 Å². The lowest BCUT2D eigenvalue weighted by Gasteiger charge is -2.43. The average molecular weight is 495 g/mol. The molecule has 0 saturated carbocycles. The van der Waals surface area contributed by atoms with Gasteiger partial charge in [-0.25, -0.2) is 4.79 Å². The molecule has 3 amide bonds. The summed E-state index contributed by atoms with van der Waals surface area (Å²) in [4.78, 5) is 39.2. The minimum absolute atomic E-state index is 0.211. The van der Waals surface area contributed by atoms with Gasteiger partial charge in [0.1, 0.15) is 5.75 Å². The molecule has 0 spiro atoms. The van der Waals surface area contributed by atoms with Crippen molar-refractivity contribution in [1.29, 1.82) is 0 Å². The number of carbonyl (C=O) groups is 3. The average Bonchev–Trinajstić information content (AvgIpc) is 3.11. The summed E-state index contributed by atoms with van der Waals surface area (Å²) in [5.74, 6) is -2.52. The highest BCUT2D eigenvalue weighted by atomic mass is 16.5. The Balaban J connectivity index is 1.64. The summed E-state index contributed by atoms with van der Waals surface area (Å²) in [6.07, 6.45) is 4.97. The molecule has 4 rings (SSSR count). The highest BCUT2D eigenvalue weighted by molar-refractivity contribution is 6.43. The molecular weight excluding hydrogens is 461 g/mol. The van der Waals surface area contributed by atoms with E-state index in [1.54, 1.807) is 12.1 Å². The summed E-state index contributed by atoms with van der Waals surface area (Å²) in [6.45, 7) is 4.12. The number of para-hydroxylation sites is 1. The number of rotatable bonds is 7. The molecule has 1 aromatic rings. The van der Waals surface area contributed by atoms with Crippen molar-refractivity contribution in [1.82, 2.24) is 4.90 Å². The Morgan fingerprint density at radius 3 is 2.64 bits per heavy atom. The third-order valence-electron chi connectivity index (χ3n) is 7.70. The third-order valence-corrected chi connectivity index (χ3v) is 7.70. The number of phenols is 1. The van der Waals surface area contributed by atoms with Crippen LogP contribution in [-0.4, -0.2) is 53.3 Å². The fourth-order valence-corrected chi connectivity index (χ4v) is 6.07. The second-order valence-corrected chi connectivity index (χ2v) is 9.80. The predicted octanol–water partition coefficient (Wildman–Crippen LogP) is 4.33. The Morgan fingerprint density at radius 2 is 1.97 bits per heavy atom. The number of aromatic hydroxyl groups is 1. The number of fused-ring (bicyclic) bond motifs is 3. The minimum atomic E-state index is -1.06. The van der Waals surface area contributed by atoms with Gasteiger partial charge in [0.25, 0.3) is 0 Å². The van der Waals surface area contributed by atoms with Gasteiger partial charge in [0.15, 0.2) is 0 Å². The van der Waals surface area contributed by atoms with E-state index in [9.17, 15) is 24.5 Å². The number of amides is 3. The van der Waals surface area contributed by atoms with E-state index in [0.29, 0.717) is 24.2 Å². The molecule has 4 atom stereocenters. The summed E-state index contributed by atoms with van der Waals surface area (Å²) < 4.78 is 10.7. The van der Waals surface area contributed by atoms with Gasteiger partial charge >= 0.3 is 13.2 Å². The van der Waals surface area contributed by atoms with E-state index in [0.717, 1.165) is 48.7 Å². The molecule has 9 heteroatoms. The molecule has 36 heavy (non-hydrogen) atoms. The van der Waals surface area contributed by atoms with E-state index in [-0.39, 0.29) is 18.0 Å². The third kappa shape index (κ3) is 4.86. The molecule has 3 aliphatic rings. The molecule has 0 aromatic heterocycles. The van der Waals surface area contributed by atoms with Crippen LogP contribution in [0.15, 0.2) is 41.0 Å². The molecule has 2 N–H and O–H groups in total. The number of hydrogen-bond donors (Lipinski definition) is 2. The fourth-order valence-electron chi connectivity index (χ4n) is 6.07. The van der Waals surface area contributed by atoms with Crippen molar-refractivity contribution in [3.05, 3.63) is 46.5 Å². The van der Waals surface area contributed by atoms with Gasteiger partial charge in [-0.15, -0.1) is 0 Å². The maximum atomic E-state index is 13.3. The Labute approximate surface area is 212 Å². The van der Waals surface area contributed by atoms with Gasteiger partial charge in [0.2, 0.25) is 11.8 Å². The first kappa shape index (κ1) is 26.2. The number of benzene rings is 1. The van der Waals surface area contributed by atoms with E-state index in [4.69, 9.17) is 9.39 Å². The fraction of sp³-hybridized carbons (Fsp3) is 0.519. The van der Waals surface area contributed by atoms with Gasteiger partial charge in [-0.2, -0.15) is 4.90 Å².